The van der Waals surface area contributed by atoms with Crippen LogP contribution in [0.1, 0.15) is 17.3 Å². The first kappa shape index (κ1) is 12.0. The van der Waals surface area contributed by atoms with E-state index >= 15 is 0 Å². The molecule has 0 spiro atoms. The standard InChI is InChI=1S/C10H12BrNO3/c1-6(5-13)12-10(15)7-2-3-8(11)9(14)4-7/h2-4,6,13-14H,5H2,1H3,(H,12,15)/t6-/m1/s1. The minimum Gasteiger partial charge on any atom is -0.507 e. The van der Waals surface area contributed by atoms with Crippen molar-refractivity contribution in [1.82, 2.24) is 5.32 Å². The highest BCUT2D eigenvalue weighted by atomic mass is 79.9. The Balaban J connectivity index is 2.78. The van der Waals surface area contributed by atoms with Crippen molar-refractivity contribution in [2.24, 2.45) is 0 Å². The summed E-state index contributed by atoms with van der Waals surface area (Å²) in [6.45, 7) is 1.57. The number of hydrogen-bond acceptors (Lipinski definition) is 3. The molecule has 5 heteroatoms. The van der Waals surface area contributed by atoms with Crippen molar-refractivity contribution in [2.75, 3.05) is 6.61 Å². The minimum absolute atomic E-state index is 0.0132. The maximum Gasteiger partial charge on any atom is 0.251 e. The fourth-order valence-corrected chi connectivity index (χ4v) is 1.25. The molecule has 1 atom stereocenters. The second-order valence-electron chi connectivity index (χ2n) is 3.22. The number of aromatic hydroxyl groups is 1. The van der Waals surface area contributed by atoms with Crippen molar-refractivity contribution < 1.29 is 15.0 Å². The van der Waals surface area contributed by atoms with Crippen LogP contribution in [-0.4, -0.2) is 28.8 Å². The van der Waals surface area contributed by atoms with Crippen LogP contribution in [-0.2, 0) is 0 Å². The van der Waals surface area contributed by atoms with Crippen LogP contribution in [0.15, 0.2) is 22.7 Å². The van der Waals surface area contributed by atoms with Gasteiger partial charge in [-0.3, -0.25) is 4.79 Å². The zero-order valence-corrected chi connectivity index (χ0v) is 9.78. The van der Waals surface area contributed by atoms with Crippen molar-refractivity contribution in [3.05, 3.63) is 28.2 Å². The average molecular weight is 274 g/mol. The Kier molecular flexibility index (Phi) is 4.11. The van der Waals surface area contributed by atoms with Gasteiger partial charge in [-0.2, -0.15) is 0 Å². The molecule has 0 aliphatic heterocycles. The SMILES string of the molecule is C[C@H](CO)NC(=O)c1ccc(Br)c(O)c1. The van der Waals surface area contributed by atoms with Crippen molar-refractivity contribution in [2.45, 2.75) is 13.0 Å². The lowest BCUT2D eigenvalue weighted by molar-refractivity contribution is 0.0922. The van der Waals surface area contributed by atoms with Crippen LogP contribution in [0, 0.1) is 0 Å². The molecule has 1 amide bonds. The van der Waals surface area contributed by atoms with E-state index in [4.69, 9.17) is 5.11 Å². The maximum atomic E-state index is 11.5. The number of amides is 1. The van der Waals surface area contributed by atoms with Gasteiger partial charge in [0.2, 0.25) is 0 Å². The number of hydrogen-bond donors (Lipinski definition) is 3. The zero-order chi connectivity index (χ0) is 11.4. The molecule has 1 aromatic rings. The number of rotatable bonds is 3. The third kappa shape index (κ3) is 3.21. The van der Waals surface area contributed by atoms with Gasteiger partial charge in [0.05, 0.1) is 11.1 Å². The predicted molar refractivity (Wildman–Crippen MR) is 59.8 cm³/mol. The van der Waals surface area contributed by atoms with E-state index in [1.807, 2.05) is 0 Å². The predicted octanol–water partition coefficient (Wildman–Crippen LogP) is 1.27. The number of carbonyl (C=O) groups excluding carboxylic acids is 1. The van der Waals surface area contributed by atoms with Crippen LogP contribution < -0.4 is 5.32 Å². The minimum atomic E-state index is -0.320. The monoisotopic (exact) mass is 273 g/mol. The molecule has 0 fully saturated rings. The van der Waals surface area contributed by atoms with E-state index in [9.17, 15) is 9.90 Å². The first-order chi connectivity index (χ1) is 7.04. The molecule has 4 nitrogen and oxygen atoms in total. The summed E-state index contributed by atoms with van der Waals surface area (Å²) in [6.07, 6.45) is 0. The Morgan fingerprint density at radius 3 is 2.80 bits per heavy atom. The molecule has 0 radical (unpaired) electrons. The molecule has 0 unspecified atom stereocenters. The summed E-state index contributed by atoms with van der Waals surface area (Å²) in [7, 11) is 0. The first-order valence-electron chi connectivity index (χ1n) is 4.45. The third-order valence-electron chi connectivity index (χ3n) is 1.86. The molecule has 0 saturated carbocycles. The zero-order valence-electron chi connectivity index (χ0n) is 8.20. The fourth-order valence-electron chi connectivity index (χ4n) is 1.01. The summed E-state index contributed by atoms with van der Waals surface area (Å²) >= 11 is 3.12. The number of phenolic OH excluding ortho intramolecular Hbond substituents is 1. The number of benzene rings is 1. The van der Waals surface area contributed by atoms with Gasteiger partial charge in [-0.05, 0) is 41.1 Å². The van der Waals surface area contributed by atoms with Crippen molar-refractivity contribution in [3.63, 3.8) is 0 Å². The highest BCUT2D eigenvalue weighted by Crippen LogP contribution is 2.24. The molecule has 1 aromatic carbocycles. The molecule has 1 rings (SSSR count). The lowest BCUT2D eigenvalue weighted by Crippen LogP contribution is -2.34. The largest absolute Gasteiger partial charge is 0.507 e. The van der Waals surface area contributed by atoms with Gasteiger partial charge in [-0.15, -0.1) is 0 Å². The van der Waals surface area contributed by atoms with Gasteiger partial charge < -0.3 is 15.5 Å². The number of aliphatic hydroxyl groups is 1. The van der Waals surface area contributed by atoms with E-state index in [1.54, 1.807) is 19.1 Å². The van der Waals surface area contributed by atoms with Gasteiger partial charge in [0, 0.05) is 11.6 Å². The first-order valence-corrected chi connectivity index (χ1v) is 5.24. The van der Waals surface area contributed by atoms with E-state index in [0.29, 0.717) is 10.0 Å². The van der Waals surface area contributed by atoms with Gasteiger partial charge in [-0.25, -0.2) is 0 Å². The third-order valence-corrected chi connectivity index (χ3v) is 2.53. The van der Waals surface area contributed by atoms with Gasteiger partial charge in [0.15, 0.2) is 0 Å². The van der Waals surface area contributed by atoms with Crippen LogP contribution in [0.5, 0.6) is 5.75 Å². The topological polar surface area (TPSA) is 69.6 Å². The van der Waals surface area contributed by atoms with Crippen molar-refractivity contribution in [3.8, 4) is 5.75 Å². The molecule has 0 aliphatic carbocycles. The Hall–Kier alpha value is -1.07. The number of carbonyl (C=O) groups is 1. The highest BCUT2D eigenvalue weighted by Gasteiger charge is 2.10. The van der Waals surface area contributed by atoms with E-state index in [0.717, 1.165) is 0 Å². The summed E-state index contributed by atoms with van der Waals surface area (Å²) in [5.74, 6) is -0.307. The molecule has 0 heterocycles. The van der Waals surface area contributed by atoms with Gasteiger partial charge in [-0.1, -0.05) is 0 Å². The second-order valence-corrected chi connectivity index (χ2v) is 4.08. The Morgan fingerprint density at radius 2 is 2.27 bits per heavy atom. The lowest BCUT2D eigenvalue weighted by atomic mass is 10.2. The Morgan fingerprint density at radius 1 is 1.60 bits per heavy atom. The normalized spacial score (nSPS) is 12.2. The number of halogens is 1. The fraction of sp³-hybridized carbons (Fsp3) is 0.300. The van der Waals surface area contributed by atoms with Gasteiger partial charge in [0.25, 0.3) is 5.91 Å². The molecular weight excluding hydrogens is 262 g/mol. The van der Waals surface area contributed by atoms with E-state index in [-0.39, 0.29) is 24.3 Å². The molecule has 3 N–H and O–H groups in total. The quantitative estimate of drug-likeness (QED) is 0.777. The summed E-state index contributed by atoms with van der Waals surface area (Å²) < 4.78 is 0.536. The summed E-state index contributed by atoms with van der Waals surface area (Å²) in [5, 5.41) is 20.7. The molecule has 0 aromatic heterocycles. The Labute approximate surface area is 96.1 Å². The molecular formula is C10H12BrNO3. The summed E-state index contributed by atoms with van der Waals surface area (Å²) in [6, 6.07) is 4.24. The van der Waals surface area contributed by atoms with Crippen LogP contribution in [0.4, 0.5) is 0 Å². The molecule has 0 saturated heterocycles. The smallest absolute Gasteiger partial charge is 0.251 e. The van der Waals surface area contributed by atoms with Gasteiger partial charge >= 0.3 is 0 Å². The van der Waals surface area contributed by atoms with Crippen LogP contribution in [0.25, 0.3) is 0 Å². The molecule has 0 bridgehead atoms. The second kappa shape index (κ2) is 5.14. The van der Waals surface area contributed by atoms with E-state index < -0.39 is 0 Å². The summed E-state index contributed by atoms with van der Waals surface area (Å²) in [4.78, 5) is 11.5. The van der Waals surface area contributed by atoms with Crippen LogP contribution in [0.3, 0.4) is 0 Å². The maximum absolute atomic E-state index is 11.5. The van der Waals surface area contributed by atoms with Crippen molar-refractivity contribution >= 4 is 21.8 Å². The van der Waals surface area contributed by atoms with Crippen molar-refractivity contribution in [1.29, 1.82) is 0 Å². The van der Waals surface area contributed by atoms with E-state index in [2.05, 4.69) is 21.2 Å². The highest BCUT2D eigenvalue weighted by molar-refractivity contribution is 9.10. The number of nitrogens with one attached hydrogen (secondary N) is 1. The summed E-state index contributed by atoms with van der Waals surface area (Å²) in [5.41, 5.74) is 0.357. The molecule has 0 aliphatic rings. The molecule has 82 valence electrons. The molecule has 15 heavy (non-hydrogen) atoms. The number of aliphatic hydroxyl groups excluding tert-OH is 1. The average Bonchev–Trinajstić information content (AvgIpc) is 2.21. The number of phenols is 1. The Bertz CT molecular complexity index is 368. The van der Waals surface area contributed by atoms with Crippen LogP contribution in [0.2, 0.25) is 0 Å². The van der Waals surface area contributed by atoms with Crippen LogP contribution >= 0.6 is 15.9 Å². The lowest BCUT2D eigenvalue weighted by Gasteiger charge is -2.10. The van der Waals surface area contributed by atoms with E-state index in [1.165, 1.54) is 6.07 Å². The van der Waals surface area contributed by atoms with Gasteiger partial charge in [0.1, 0.15) is 5.75 Å².